The van der Waals surface area contributed by atoms with Crippen LogP contribution in [0.1, 0.15) is 51.0 Å². The first-order chi connectivity index (χ1) is 10.3. The fraction of sp³-hybridized carbons (Fsp3) is 0.667. The van der Waals surface area contributed by atoms with Gasteiger partial charge in [-0.15, -0.1) is 0 Å². The van der Waals surface area contributed by atoms with Gasteiger partial charge >= 0.3 is 0 Å². The van der Waals surface area contributed by atoms with Gasteiger partial charge in [-0.3, -0.25) is 0 Å². The Morgan fingerprint density at radius 1 is 1.10 bits per heavy atom. The quantitative estimate of drug-likeness (QED) is 0.818. The molecule has 0 atom stereocenters. The van der Waals surface area contributed by atoms with Crippen LogP contribution < -0.4 is 14.8 Å². The van der Waals surface area contributed by atoms with Crippen LogP contribution in [0.3, 0.4) is 0 Å². The second kappa shape index (κ2) is 8.28. The Hall–Kier alpha value is -1.22. The van der Waals surface area contributed by atoms with Crippen molar-refractivity contribution in [2.45, 2.75) is 58.0 Å². The van der Waals surface area contributed by atoms with Crippen LogP contribution >= 0.6 is 0 Å². The van der Waals surface area contributed by atoms with Gasteiger partial charge in [0.2, 0.25) is 0 Å². The molecule has 21 heavy (non-hydrogen) atoms. The number of rotatable bonds is 7. The van der Waals surface area contributed by atoms with Crippen LogP contribution in [0.2, 0.25) is 0 Å². The van der Waals surface area contributed by atoms with E-state index >= 15 is 0 Å². The summed E-state index contributed by atoms with van der Waals surface area (Å²) in [5.41, 5.74) is 1.17. The highest BCUT2D eigenvalue weighted by Crippen LogP contribution is 2.29. The summed E-state index contributed by atoms with van der Waals surface area (Å²) >= 11 is 0. The number of hydrogen-bond donors (Lipinski definition) is 1. The molecule has 0 heterocycles. The molecule has 0 unspecified atom stereocenters. The lowest BCUT2D eigenvalue weighted by Crippen LogP contribution is -2.32. The summed E-state index contributed by atoms with van der Waals surface area (Å²) in [6.45, 7) is 3.14. The van der Waals surface area contributed by atoms with Crippen LogP contribution in [0.25, 0.3) is 0 Å². The zero-order chi connectivity index (χ0) is 15.1. The Labute approximate surface area is 129 Å². The van der Waals surface area contributed by atoms with Crippen molar-refractivity contribution in [3.05, 3.63) is 23.8 Å². The summed E-state index contributed by atoms with van der Waals surface area (Å²) in [7, 11) is 3.43. The van der Waals surface area contributed by atoms with Gasteiger partial charge in [-0.05, 0) is 49.8 Å². The maximum atomic E-state index is 5.44. The van der Waals surface area contributed by atoms with Gasteiger partial charge in [0.15, 0.2) is 0 Å². The van der Waals surface area contributed by atoms with E-state index in [0.717, 1.165) is 24.0 Å². The lowest BCUT2D eigenvalue weighted by atomic mass is 9.83. The third-order valence-electron chi connectivity index (χ3n) is 4.61. The van der Waals surface area contributed by atoms with Crippen LogP contribution in [0.4, 0.5) is 0 Å². The fourth-order valence-electron chi connectivity index (χ4n) is 3.34. The van der Waals surface area contributed by atoms with Gasteiger partial charge in [-0.2, -0.15) is 0 Å². The molecular weight excluding hydrogens is 262 g/mol. The summed E-state index contributed by atoms with van der Waals surface area (Å²) in [5.74, 6) is 2.78. The fourth-order valence-corrected chi connectivity index (χ4v) is 3.34. The van der Waals surface area contributed by atoms with Crippen molar-refractivity contribution in [3.63, 3.8) is 0 Å². The van der Waals surface area contributed by atoms with Crippen LogP contribution in [0.5, 0.6) is 11.5 Å². The van der Waals surface area contributed by atoms with Crippen molar-refractivity contribution < 1.29 is 9.47 Å². The zero-order valence-electron chi connectivity index (χ0n) is 13.7. The van der Waals surface area contributed by atoms with Crippen molar-refractivity contribution in [3.8, 4) is 11.5 Å². The molecule has 1 saturated carbocycles. The summed E-state index contributed by atoms with van der Waals surface area (Å²) in [5, 5.41) is 3.69. The van der Waals surface area contributed by atoms with Crippen molar-refractivity contribution in [2.24, 2.45) is 5.92 Å². The molecule has 1 fully saturated rings. The third-order valence-corrected chi connectivity index (χ3v) is 4.61. The van der Waals surface area contributed by atoms with Crippen molar-refractivity contribution in [1.82, 2.24) is 5.32 Å². The maximum Gasteiger partial charge on any atom is 0.123 e. The molecule has 1 aromatic carbocycles. The molecule has 3 heteroatoms. The molecule has 0 amide bonds. The van der Waals surface area contributed by atoms with E-state index in [9.17, 15) is 0 Å². The summed E-state index contributed by atoms with van der Waals surface area (Å²) in [6.07, 6.45) is 8.08. The Kier molecular flexibility index (Phi) is 6.37. The molecule has 2 rings (SSSR count). The highest BCUT2D eigenvalue weighted by Gasteiger charge is 2.20. The van der Waals surface area contributed by atoms with E-state index in [1.54, 1.807) is 14.2 Å². The number of nitrogens with one attached hydrogen (secondary N) is 1. The predicted molar refractivity (Wildman–Crippen MR) is 87.0 cm³/mol. The summed E-state index contributed by atoms with van der Waals surface area (Å²) in [6, 6.07) is 6.63. The van der Waals surface area contributed by atoms with E-state index < -0.39 is 0 Å². The van der Waals surface area contributed by atoms with E-state index in [-0.39, 0.29) is 0 Å². The number of ether oxygens (including phenoxy) is 2. The van der Waals surface area contributed by atoms with Crippen molar-refractivity contribution in [2.75, 3.05) is 14.2 Å². The Morgan fingerprint density at radius 2 is 1.86 bits per heavy atom. The predicted octanol–water partition coefficient (Wildman–Crippen LogP) is 4.15. The summed E-state index contributed by atoms with van der Waals surface area (Å²) < 4.78 is 10.7. The van der Waals surface area contributed by atoms with Gasteiger partial charge in [0.25, 0.3) is 0 Å². The normalized spacial score (nSPS) is 22.0. The van der Waals surface area contributed by atoms with Gasteiger partial charge < -0.3 is 14.8 Å². The molecule has 1 aromatic rings. The Balaban J connectivity index is 1.86. The summed E-state index contributed by atoms with van der Waals surface area (Å²) in [4.78, 5) is 0. The molecule has 118 valence electrons. The molecule has 0 aromatic heterocycles. The minimum absolute atomic E-state index is 0.647. The first-order valence-electron chi connectivity index (χ1n) is 8.21. The third kappa shape index (κ3) is 4.63. The average molecular weight is 291 g/mol. The van der Waals surface area contributed by atoms with E-state index in [1.165, 1.54) is 44.1 Å². The number of benzene rings is 1. The lowest BCUT2D eigenvalue weighted by molar-refractivity contribution is 0.276. The zero-order valence-corrected chi connectivity index (χ0v) is 13.7. The molecule has 0 radical (unpaired) electrons. The van der Waals surface area contributed by atoms with Crippen molar-refractivity contribution >= 4 is 0 Å². The molecule has 1 N–H and O–H groups in total. The number of methoxy groups -OCH3 is 2. The lowest BCUT2D eigenvalue weighted by Gasteiger charge is -2.29. The average Bonchev–Trinajstić information content (AvgIpc) is 2.54. The maximum absolute atomic E-state index is 5.44. The number of hydrogen-bond acceptors (Lipinski definition) is 3. The van der Waals surface area contributed by atoms with Gasteiger partial charge in [-0.25, -0.2) is 0 Å². The van der Waals surface area contributed by atoms with Crippen LogP contribution in [0, 0.1) is 5.92 Å². The van der Waals surface area contributed by atoms with E-state index in [1.807, 2.05) is 12.1 Å². The van der Waals surface area contributed by atoms with Crippen LogP contribution in [-0.4, -0.2) is 20.3 Å². The Morgan fingerprint density at radius 3 is 2.48 bits per heavy atom. The molecule has 0 spiro atoms. The van der Waals surface area contributed by atoms with Gasteiger partial charge in [0, 0.05) is 18.2 Å². The molecule has 0 bridgehead atoms. The minimum Gasteiger partial charge on any atom is -0.497 e. The SMILES string of the molecule is CCCC1CCC(NCc2cc(OC)ccc2OC)CC1. The molecule has 1 aliphatic carbocycles. The molecule has 0 aliphatic heterocycles. The molecule has 3 nitrogen and oxygen atoms in total. The highest BCUT2D eigenvalue weighted by molar-refractivity contribution is 5.40. The largest absolute Gasteiger partial charge is 0.497 e. The second-order valence-electron chi connectivity index (χ2n) is 6.07. The second-order valence-corrected chi connectivity index (χ2v) is 6.07. The van der Waals surface area contributed by atoms with Gasteiger partial charge in [0.05, 0.1) is 14.2 Å². The van der Waals surface area contributed by atoms with Gasteiger partial charge in [0.1, 0.15) is 11.5 Å². The minimum atomic E-state index is 0.647. The van der Waals surface area contributed by atoms with E-state index in [2.05, 4.69) is 18.3 Å². The van der Waals surface area contributed by atoms with Crippen LogP contribution in [-0.2, 0) is 6.54 Å². The first-order valence-corrected chi connectivity index (χ1v) is 8.21. The van der Waals surface area contributed by atoms with Crippen LogP contribution in [0.15, 0.2) is 18.2 Å². The topological polar surface area (TPSA) is 30.5 Å². The smallest absolute Gasteiger partial charge is 0.123 e. The van der Waals surface area contributed by atoms with Crippen molar-refractivity contribution in [1.29, 1.82) is 0 Å². The standard InChI is InChI=1S/C18H29NO2/c1-4-5-14-6-8-16(9-7-14)19-13-15-12-17(20-2)10-11-18(15)21-3/h10-12,14,16,19H,4-9,13H2,1-3H3. The first kappa shape index (κ1) is 16.2. The molecular formula is C18H29NO2. The molecule has 0 saturated heterocycles. The van der Waals surface area contributed by atoms with Gasteiger partial charge in [-0.1, -0.05) is 19.8 Å². The van der Waals surface area contributed by atoms with E-state index in [0.29, 0.717) is 6.04 Å². The molecule has 1 aliphatic rings. The monoisotopic (exact) mass is 291 g/mol. The highest BCUT2D eigenvalue weighted by atomic mass is 16.5. The Bertz CT molecular complexity index is 425. The van der Waals surface area contributed by atoms with E-state index in [4.69, 9.17) is 9.47 Å².